The van der Waals surface area contributed by atoms with E-state index < -0.39 is 17.5 Å². The largest absolute Gasteiger partial charge is 0.375 e. The lowest BCUT2D eigenvalue weighted by Gasteiger charge is -2.42. The van der Waals surface area contributed by atoms with Crippen molar-refractivity contribution in [1.82, 2.24) is 0 Å². The first-order valence-corrected chi connectivity index (χ1v) is 8.99. The van der Waals surface area contributed by atoms with Crippen molar-refractivity contribution < 1.29 is 18.9 Å². The lowest BCUT2D eigenvalue weighted by molar-refractivity contribution is -0.184. The van der Waals surface area contributed by atoms with Gasteiger partial charge in [0.1, 0.15) is 17.8 Å². The highest BCUT2D eigenvalue weighted by atomic mass is 16.8. The molecule has 0 radical (unpaired) electrons. The molecule has 0 amide bonds. The van der Waals surface area contributed by atoms with Crippen LogP contribution in [0.1, 0.15) is 31.9 Å². The predicted octanol–water partition coefficient (Wildman–Crippen LogP) is 4.13. The van der Waals surface area contributed by atoms with Gasteiger partial charge in [-0.2, -0.15) is 0 Å². The standard InChI is InChI=1S/C22H28O4/c1-16-19(26-21(2,3)25-16)20(23-4)22(24-5,17-12-8-6-9-13-17)18-14-10-7-11-15-18/h6-16,19-20H,1-5H3/t16-,19-,20+/m0/s1. The van der Waals surface area contributed by atoms with Crippen LogP contribution in [0.15, 0.2) is 60.7 Å². The van der Waals surface area contributed by atoms with Crippen LogP contribution in [0.5, 0.6) is 0 Å². The van der Waals surface area contributed by atoms with Gasteiger partial charge in [-0.25, -0.2) is 0 Å². The molecule has 4 heteroatoms. The highest BCUT2D eigenvalue weighted by Gasteiger charge is 2.53. The zero-order valence-corrected chi connectivity index (χ0v) is 16.1. The summed E-state index contributed by atoms with van der Waals surface area (Å²) in [6.45, 7) is 5.87. The third-order valence-corrected chi connectivity index (χ3v) is 5.03. The van der Waals surface area contributed by atoms with Gasteiger partial charge < -0.3 is 18.9 Å². The highest BCUT2D eigenvalue weighted by Crippen LogP contribution is 2.43. The fourth-order valence-corrected chi connectivity index (χ4v) is 4.02. The summed E-state index contributed by atoms with van der Waals surface area (Å²) in [5.41, 5.74) is 1.21. The first-order valence-electron chi connectivity index (χ1n) is 8.99. The van der Waals surface area contributed by atoms with Gasteiger partial charge in [0.25, 0.3) is 0 Å². The molecule has 0 aromatic heterocycles. The molecule has 0 bridgehead atoms. The topological polar surface area (TPSA) is 36.9 Å². The minimum atomic E-state index is -0.819. The van der Waals surface area contributed by atoms with E-state index in [1.165, 1.54) is 0 Å². The van der Waals surface area contributed by atoms with Gasteiger partial charge in [0, 0.05) is 14.2 Å². The smallest absolute Gasteiger partial charge is 0.163 e. The number of hydrogen-bond acceptors (Lipinski definition) is 4. The monoisotopic (exact) mass is 356 g/mol. The SMILES string of the molecule is CO[C@H]([C@H]1OC(C)(C)O[C@H]1C)C(OC)(c1ccccc1)c1ccccc1. The zero-order chi connectivity index (χ0) is 18.8. The van der Waals surface area contributed by atoms with Crippen molar-refractivity contribution in [3.63, 3.8) is 0 Å². The third-order valence-electron chi connectivity index (χ3n) is 5.03. The molecule has 1 heterocycles. The quantitative estimate of drug-likeness (QED) is 0.780. The fraction of sp³-hybridized carbons (Fsp3) is 0.455. The Balaban J connectivity index is 2.16. The predicted molar refractivity (Wildman–Crippen MR) is 101 cm³/mol. The normalized spacial score (nSPS) is 23.7. The molecule has 1 fully saturated rings. The summed E-state index contributed by atoms with van der Waals surface area (Å²) >= 11 is 0. The van der Waals surface area contributed by atoms with Crippen molar-refractivity contribution in [2.24, 2.45) is 0 Å². The van der Waals surface area contributed by atoms with E-state index in [0.29, 0.717) is 0 Å². The molecule has 0 N–H and O–H groups in total. The molecule has 0 saturated carbocycles. The Hall–Kier alpha value is -1.72. The molecule has 1 aliphatic heterocycles. The third kappa shape index (κ3) is 3.30. The lowest BCUT2D eigenvalue weighted by Crippen LogP contribution is -2.52. The Morgan fingerprint density at radius 1 is 0.885 bits per heavy atom. The van der Waals surface area contributed by atoms with E-state index in [2.05, 4.69) is 24.3 Å². The van der Waals surface area contributed by atoms with Crippen LogP contribution in [0.2, 0.25) is 0 Å². The Labute approximate surface area is 156 Å². The van der Waals surface area contributed by atoms with Gasteiger partial charge in [-0.1, -0.05) is 60.7 Å². The van der Waals surface area contributed by atoms with Crippen LogP contribution in [0, 0.1) is 0 Å². The van der Waals surface area contributed by atoms with Crippen LogP contribution in [-0.2, 0) is 24.5 Å². The summed E-state index contributed by atoms with van der Waals surface area (Å²) in [6.07, 6.45) is -0.804. The van der Waals surface area contributed by atoms with Gasteiger partial charge >= 0.3 is 0 Å². The number of benzene rings is 2. The lowest BCUT2D eigenvalue weighted by atomic mass is 9.78. The van der Waals surface area contributed by atoms with Crippen LogP contribution in [0.25, 0.3) is 0 Å². The molecule has 140 valence electrons. The molecule has 2 aromatic carbocycles. The molecular weight excluding hydrogens is 328 g/mol. The number of methoxy groups -OCH3 is 2. The Bertz CT molecular complexity index is 659. The van der Waals surface area contributed by atoms with Gasteiger partial charge in [0.05, 0.1) is 6.10 Å². The minimum Gasteiger partial charge on any atom is -0.375 e. The Morgan fingerprint density at radius 2 is 1.38 bits per heavy atom. The molecule has 1 aliphatic rings. The van der Waals surface area contributed by atoms with E-state index in [1.54, 1.807) is 14.2 Å². The second kappa shape index (κ2) is 7.49. The van der Waals surface area contributed by atoms with Crippen molar-refractivity contribution in [2.75, 3.05) is 14.2 Å². The summed E-state index contributed by atoms with van der Waals surface area (Å²) in [4.78, 5) is 0. The van der Waals surface area contributed by atoms with Crippen LogP contribution in [0.3, 0.4) is 0 Å². The molecular formula is C22H28O4. The van der Waals surface area contributed by atoms with E-state index >= 15 is 0 Å². The van der Waals surface area contributed by atoms with Gasteiger partial charge in [0.15, 0.2) is 5.79 Å². The van der Waals surface area contributed by atoms with Gasteiger partial charge in [-0.15, -0.1) is 0 Å². The molecule has 0 spiro atoms. The van der Waals surface area contributed by atoms with Crippen LogP contribution >= 0.6 is 0 Å². The first-order chi connectivity index (χ1) is 12.4. The minimum absolute atomic E-state index is 0.128. The van der Waals surface area contributed by atoms with Crippen molar-refractivity contribution in [1.29, 1.82) is 0 Å². The second-order valence-corrected chi connectivity index (χ2v) is 7.13. The van der Waals surface area contributed by atoms with Crippen LogP contribution in [-0.4, -0.2) is 38.3 Å². The Morgan fingerprint density at radius 3 is 1.73 bits per heavy atom. The molecule has 26 heavy (non-hydrogen) atoms. The van der Waals surface area contributed by atoms with Crippen molar-refractivity contribution in [2.45, 2.75) is 50.5 Å². The zero-order valence-electron chi connectivity index (χ0n) is 16.1. The summed E-state index contributed by atoms with van der Waals surface area (Å²) in [7, 11) is 3.42. The van der Waals surface area contributed by atoms with Gasteiger partial charge in [-0.3, -0.25) is 0 Å². The maximum Gasteiger partial charge on any atom is 0.163 e. The molecule has 3 atom stereocenters. The van der Waals surface area contributed by atoms with E-state index in [1.807, 2.05) is 57.2 Å². The average molecular weight is 356 g/mol. The maximum absolute atomic E-state index is 6.24. The van der Waals surface area contributed by atoms with Gasteiger partial charge in [0.2, 0.25) is 0 Å². The van der Waals surface area contributed by atoms with Crippen molar-refractivity contribution in [3.8, 4) is 0 Å². The fourth-order valence-electron chi connectivity index (χ4n) is 4.02. The highest BCUT2D eigenvalue weighted by molar-refractivity contribution is 5.39. The van der Waals surface area contributed by atoms with E-state index in [0.717, 1.165) is 11.1 Å². The molecule has 2 aromatic rings. The van der Waals surface area contributed by atoms with Crippen molar-refractivity contribution >= 4 is 0 Å². The van der Waals surface area contributed by atoms with Gasteiger partial charge in [-0.05, 0) is 31.9 Å². The van der Waals surface area contributed by atoms with Crippen LogP contribution < -0.4 is 0 Å². The summed E-state index contributed by atoms with van der Waals surface area (Å²) in [5.74, 6) is -0.659. The van der Waals surface area contributed by atoms with Crippen LogP contribution in [0.4, 0.5) is 0 Å². The average Bonchev–Trinajstić information content (AvgIpc) is 2.93. The number of ether oxygens (including phenoxy) is 4. The van der Waals surface area contributed by atoms with Crippen molar-refractivity contribution in [3.05, 3.63) is 71.8 Å². The maximum atomic E-state index is 6.24. The number of rotatable bonds is 6. The molecule has 1 saturated heterocycles. The molecule has 3 rings (SSSR count). The van der Waals surface area contributed by atoms with E-state index in [9.17, 15) is 0 Å². The van der Waals surface area contributed by atoms with E-state index in [4.69, 9.17) is 18.9 Å². The number of hydrogen-bond donors (Lipinski definition) is 0. The first kappa shape index (κ1) is 19.1. The summed E-state index contributed by atoms with van der Waals surface area (Å²) < 4.78 is 24.5. The second-order valence-electron chi connectivity index (χ2n) is 7.13. The molecule has 4 nitrogen and oxygen atoms in total. The Kier molecular flexibility index (Phi) is 5.49. The molecule has 0 aliphatic carbocycles. The van der Waals surface area contributed by atoms with E-state index in [-0.39, 0.29) is 12.2 Å². The summed E-state index contributed by atoms with van der Waals surface area (Å²) in [5, 5.41) is 0. The summed E-state index contributed by atoms with van der Waals surface area (Å²) in [6, 6.07) is 20.3. The molecule has 0 unspecified atom stereocenters.